The van der Waals surface area contributed by atoms with Crippen molar-refractivity contribution in [2.75, 3.05) is 39.6 Å². The smallest absolute Gasteiger partial charge is 0.330 e. The molecule has 2 aromatic carbocycles. The number of aromatic nitrogens is 2. The third-order valence-corrected chi connectivity index (χ3v) is 10.6. The van der Waals surface area contributed by atoms with Crippen molar-refractivity contribution in [3.8, 4) is 34.0 Å². The van der Waals surface area contributed by atoms with Gasteiger partial charge < -0.3 is 37.9 Å². The van der Waals surface area contributed by atoms with Gasteiger partial charge in [0, 0.05) is 23.3 Å². The van der Waals surface area contributed by atoms with Gasteiger partial charge in [-0.1, -0.05) is 126 Å². The number of pyridine rings is 2. The van der Waals surface area contributed by atoms with Crippen LogP contribution in [0.15, 0.2) is 111 Å². The Morgan fingerprint density at radius 1 is 0.500 bits per heavy atom. The molecule has 2 unspecified atom stereocenters. The lowest BCUT2D eigenvalue weighted by Crippen LogP contribution is -2.41. The molecule has 0 amide bonds. The molecule has 5 rings (SSSR count). The van der Waals surface area contributed by atoms with Crippen LogP contribution in [0.1, 0.15) is 101 Å². The van der Waals surface area contributed by atoms with Gasteiger partial charge in [-0.2, -0.15) is 0 Å². The summed E-state index contributed by atoms with van der Waals surface area (Å²) in [7, 11) is 0. The lowest BCUT2D eigenvalue weighted by molar-refractivity contribution is -0.326. The highest BCUT2D eigenvalue weighted by atomic mass is 16.8. The van der Waals surface area contributed by atoms with Gasteiger partial charge in [-0.15, -0.1) is 0 Å². The molecule has 3 heterocycles. The predicted molar refractivity (Wildman–Crippen MR) is 246 cm³/mol. The van der Waals surface area contributed by atoms with E-state index in [9.17, 15) is 9.59 Å². The zero-order valence-corrected chi connectivity index (χ0v) is 37.3. The molecule has 64 heavy (non-hydrogen) atoms. The molecule has 1 fully saturated rings. The number of hydrogen-bond acceptors (Lipinski definition) is 12. The van der Waals surface area contributed by atoms with Gasteiger partial charge in [0.1, 0.15) is 11.5 Å². The Labute approximate surface area is 379 Å². The summed E-state index contributed by atoms with van der Waals surface area (Å²) >= 11 is 0. The Kier molecular flexibility index (Phi) is 23.2. The van der Waals surface area contributed by atoms with Crippen molar-refractivity contribution in [1.29, 1.82) is 0 Å². The van der Waals surface area contributed by atoms with Gasteiger partial charge in [-0.05, 0) is 61.1 Å². The molecule has 0 saturated carbocycles. The first kappa shape index (κ1) is 49.6. The highest BCUT2D eigenvalue weighted by molar-refractivity contribution is 5.81. The molecule has 4 aromatic rings. The van der Waals surface area contributed by atoms with Crippen molar-refractivity contribution >= 4 is 11.9 Å². The van der Waals surface area contributed by atoms with E-state index in [-0.39, 0.29) is 11.9 Å². The topological polar surface area (TPSA) is 134 Å². The fourth-order valence-electron chi connectivity index (χ4n) is 6.93. The van der Waals surface area contributed by atoms with Crippen LogP contribution in [-0.4, -0.2) is 74.1 Å². The van der Waals surface area contributed by atoms with Crippen molar-refractivity contribution in [3.05, 3.63) is 122 Å². The highest BCUT2D eigenvalue weighted by Crippen LogP contribution is 2.24. The lowest BCUT2D eigenvalue weighted by atomic mass is 10.1. The molecule has 0 spiro atoms. The minimum Gasteiger partial charge on any atom is -0.492 e. The molecular weight excluding hydrogens is 813 g/mol. The van der Waals surface area contributed by atoms with Crippen LogP contribution in [0.5, 0.6) is 11.5 Å². The molecule has 1 saturated heterocycles. The molecule has 0 aliphatic carbocycles. The molecule has 12 heteroatoms. The minimum absolute atomic E-state index is 0.341. The van der Waals surface area contributed by atoms with Crippen LogP contribution in [0.2, 0.25) is 0 Å². The number of benzene rings is 2. The number of ether oxygens (including phenoxy) is 8. The lowest BCUT2D eigenvalue weighted by Gasteiger charge is -2.31. The summed E-state index contributed by atoms with van der Waals surface area (Å²) in [6.45, 7) is 10.6. The summed E-state index contributed by atoms with van der Waals surface area (Å²) in [6.07, 6.45) is 19.7. The monoisotopic (exact) mass is 878 g/mol. The molecular formula is C52H66N2O10. The van der Waals surface area contributed by atoms with Crippen molar-refractivity contribution in [2.45, 2.75) is 116 Å². The quantitative estimate of drug-likeness (QED) is 0.0263. The third kappa shape index (κ3) is 19.1. The Bertz CT molecular complexity index is 1780. The molecule has 2 aromatic heterocycles. The second-order valence-electron chi connectivity index (χ2n) is 15.6. The average Bonchev–Trinajstić information content (AvgIpc) is 3.34. The summed E-state index contributed by atoms with van der Waals surface area (Å²) < 4.78 is 45.9. The number of carbonyl (C=O) groups is 2. The Morgan fingerprint density at radius 3 is 1.20 bits per heavy atom. The van der Waals surface area contributed by atoms with Crippen LogP contribution in [0.3, 0.4) is 0 Å². The fourth-order valence-corrected chi connectivity index (χ4v) is 6.93. The first-order valence-electron chi connectivity index (χ1n) is 22.9. The SMILES string of the molecule is C=CC(=O)OCCCCCCCCCOc1ccc(-c2ccc(COC3OCCOC3OCc3ccc(-c4ccc(OCCCCCCCCCOC(=O)C=C)cn4)cc3)cc2)nc1. The molecule has 0 N–H and O–H groups in total. The Hall–Kier alpha value is -5.40. The zero-order valence-electron chi connectivity index (χ0n) is 37.3. The predicted octanol–water partition coefficient (Wildman–Crippen LogP) is 10.9. The van der Waals surface area contributed by atoms with Crippen molar-refractivity contribution in [2.24, 2.45) is 0 Å². The van der Waals surface area contributed by atoms with Gasteiger partial charge in [0.15, 0.2) is 0 Å². The van der Waals surface area contributed by atoms with E-state index in [1.165, 1.54) is 37.8 Å². The molecule has 1 aliphatic rings. The highest BCUT2D eigenvalue weighted by Gasteiger charge is 2.29. The van der Waals surface area contributed by atoms with Gasteiger partial charge in [-0.25, -0.2) is 9.59 Å². The molecule has 1 aliphatic heterocycles. The third-order valence-electron chi connectivity index (χ3n) is 10.6. The van der Waals surface area contributed by atoms with E-state index in [1.54, 1.807) is 12.4 Å². The van der Waals surface area contributed by atoms with Crippen LogP contribution < -0.4 is 9.47 Å². The van der Waals surface area contributed by atoms with Gasteiger partial charge >= 0.3 is 11.9 Å². The summed E-state index contributed by atoms with van der Waals surface area (Å²) in [4.78, 5) is 31.4. The second-order valence-corrected chi connectivity index (χ2v) is 15.6. The summed E-state index contributed by atoms with van der Waals surface area (Å²) in [6, 6.07) is 24.1. The number of rotatable bonds is 32. The average molecular weight is 879 g/mol. The Balaban J connectivity index is 0.928. The van der Waals surface area contributed by atoms with Crippen LogP contribution in [0, 0.1) is 0 Å². The van der Waals surface area contributed by atoms with E-state index in [0.717, 1.165) is 109 Å². The van der Waals surface area contributed by atoms with Crippen LogP contribution >= 0.6 is 0 Å². The van der Waals surface area contributed by atoms with E-state index < -0.39 is 12.6 Å². The van der Waals surface area contributed by atoms with Gasteiger partial charge in [0.25, 0.3) is 0 Å². The first-order valence-corrected chi connectivity index (χ1v) is 22.9. The number of unbranched alkanes of at least 4 members (excludes halogenated alkanes) is 12. The van der Waals surface area contributed by atoms with Gasteiger partial charge in [0.05, 0.1) is 76.6 Å². The van der Waals surface area contributed by atoms with Crippen LogP contribution in [0.25, 0.3) is 22.5 Å². The normalized spacial score (nSPS) is 14.7. The van der Waals surface area contributed by atoms with E-state index >= 15 is 0 Å². The maximum absolute atomic E-state index is 11.1. The molecule has 344 valence electrons. The van der Waals surface area contributed by atoms with E-state index in [1.807, 2.05) is 72.8 Å². The van der Waals surface area contributed by atoms with Crippen molar-refractivity contribution in [1.82, 2.24) is 9.97 Å². The number of nitrogens with zero attached hydrogens (tertiary/aromatic N) is 2. The fraction of sp³-hybridized carbons (Fsp3) is 0.462. The van der Waals surface area contributed by atoms with Gasteiger partial charge in [-0.3, -0.25) is 9.97 Å². The maximum atomic E-state index is 11.1. The summed E-state index contributed by atoms with van der Waals surface area (Å²) in [5, 5.41) is 0. The van der Waals surface area contributed by atoms with Crippen LogP contribution in [0.4, 0.5) is 0 Å². The number of carbonyl (C=O) groups excluding carboxylic acids is 2. The van der Waals surface area contributed by atoms with Gasteiger partial charge in [0.2, 0.25) is 12.6 Å². The van der Waals surface area contributed by atoms with Crippen molar-refractivity contribution < 1.29 is 47.5 Å². The summed E-state index contributed by atoms with van der Waals surface area (Å²) in [5.41, 5.74) is 5.74. The largest absolute Gasteiger partial charge is 0.492 e. The van der Waals surface area contributed by atoms with Crippen LogP contribution in [-0.2, 0) is 51.2 Å². The summed E-state index contributed by atoms with van der Waals surface area (Å²) in [5.74, 6) is 0.828. The first-order chi connectivity index (χ1) is 31.5. The van der Waals surface area contributed by atoms with E-state index in [0.29, 0.717) is 52.9 Å². The minimum atomic E-state index is -0.655. The molecule has 2 atom stereocenters. The molecule has 0 bridgehead atoms. The standard InChI is InChI=1S/C52H66N2O10/c1-3-49(55)59-33-17-13-9-5-7-11-15-31-57-45-27-29-47(53-37-45)43-23-19-41(20-24-43)39-63-51-52(62-36-35-61-51)64-40-42-21-25-44(26-22-42)48-30-28-46(38-54-48)58-32-16-12-8-6-10-14-18-34-60-50(56)4-2/h3-4,19-30,37-38,51-52H,1-2,5-18,31-36,39-40H2. The Morgan fingerprint density at radius 2 is 0.859 bits per heavy atom. The number of hydrogen-bond donors (Lipinski definition) is 0. The van der Waals surface area contributed by atoms with E-state index in [4.69, 9.17) is 37.9 Å². The zero-order chi connectivity index (χ0) is 44.9. The number of esters is 2. The maximum Gasteiger partial charge on any atom is 0.330 e. The second kappa shape index (κ2) is 29.9. The molecule has 12 nitrogen and oxygen atoms in total. The molecule has 0 radical (unpaired) electrons. The van der Waals surface area contributed by atoms with E-state index in [2.05, 4.69) is 23.1 Å². The van der Waals surface area contributed by atoms with Crippen molar-refractivity contribution in [3.63, 3.8) is 0 Å².